The van der Waals surface area contributed by atoms with E-state index in [1.165, 1.54) is 12.3 Å². The molecular weight excluding hydrogens is 360 g/mol. The lowest BCUT2D eigenvalue weighted by Crippen LogP contribution is -2.11. The predicted octanol–water partition coefficient (Wildman–Crippen LogP) is 5.45. The summed E-state index contributed by atoms with van der Waals surface area (Å²) in [5.74, 6) is -0.409. The molecule has 3 aromatic carbocycles. The summed E-state index contributed by atoms with van der Waals surface area (Å²) >= 11 is 0. The van der Waals surface area contributed by atoms with E-state index >= 15 is 0 Å². The van der Waals surface area contributed by atoms with Gasteiger partial charge in [0.25, 0.3) is 0 Å². The van der Waals surface area contributed by atoms with E-state index in [2.05, 4.69) is 0 Å². The molecule has 0 saturated heterocycles. The lowest BCUT2D eigenvalue weighted by atomic mass is 10.2. The average molecular weight is 377 g/mol. The van der Waals surface area contributed by atoms with Crippen LogP contribution < -0.4 is 4.74 Å². The quantitative estimate of drug-likeness (QED) is 0.109. The molecule has 0 spiro atoms. The van der Waals surface area contributed by atoms with E-state index in [1.807, 2.05) is 30.3 Å². The second-order valence-corrected chi connectivity index (χ2v) is 5.78. The number of halogens is 2. The summed E-state index contributed by atoms with van der Waals surface area (Å²) in [6, 6.07) is 24.0. The molecule has 0 amide bonds. The van der Waals surface area contributed by atoms with E-state index in [0.29, 0.717) is 11.3 Å². The van der Waals surface area contributed by atoms with Crippen molar-refractivity contribution in [2.75, 3.05) is 0 Å². The van der Waals surface area contributed by atoms with Gasteiger partial charge in [-0.3, -0.25) is 4.58 Å². The van der Waals surface area contributed by atoms with Gasteiger partial charge in [0.2, 0.25) is 0 Å². The van der Waals surface area contributed by atoms with Crippen LogP contribution in [0.2, 0.25) is 0 Å². The van der Waals surface area contributed by atoms with Crippen LogP contribution in [-0.2, 0) is 4.79 Å². The van der Waals surface area contributed by atoms with Crippen molar-refractivity contribution in [1.82, 2.24) is 0 Å². The highest BCUT2D eigenvalue weighted by atomic mass is 19.3. The summed E-state index contributed by atoms with van der Waals surface area (Å²) < 4.78 is 33.0. The smallest absolute Gasteiger partial charge is 0.419 e. The van der Waals surface area contributed by atoms with Crippen LogP contribution in [0.15, 0.2) is 91.0 Å². The van der Waals surface area contributed by atoms with Gasteiger partial charge in [0.1, 0.15) is 11.4 Å². The molecule has 0 fully saturated rings. The Labute approximate surface area is 161 Å². The van der Waals surface area contributed by atoms with E-state index in [1.54, 1.807) is 60.7 Å². The van der Waals surface area contributed by atoms with Crippen molar-refractivity contribution < 1.29 is 22.9 Å². The average Bonchev–Trinajstić information content (AvgIpc) is 2.73. The van der Waals surface area contributed by atoms with E-state index in [4.69, 9.17) is 4.74 Å². The van der Waals surface area contributed by atoms with Gasteiger partial charge >= 0.3 is 12.5 Å². The van der Waals surface area contributed by atoms with Gasteiger partial charge in [-0.1, -0.05) is 66.7 Å². The van der Waals surface area contributed by atoms with Crippen LogP contribution in [0.4, 0.5) is 14.5 Å². The first-order valence-electron chi connectivity index (χ1n) is 8.54. The summed E-state index contributed by atoms with van der Waals surface area (Å²) in [5, 5.41) is 0. The molecule has 0 atom stereocenters. The zero-order valence-electron chi connectivity index (χ0n) is 14.8. The molecule has 0 aliphatic carbocycles. The highest BCUT2D eigenvalue weighted by Gasteiger charge is 2.15. The Morgan fingerprint density at radius 1 is 0.857 bits per heavy atom. The number of ether oxygens (including phenoxy) is 1. The normalized spacial score (nSPS) is 11.4. The summed E-state index contributed by atoms with van der Waals surface area (Å²) in [6.07, 6.45) is 4.15. The minimum Gasteiger partial charge on any atom is -0.424 e. The maximum absolute atomic E-state index is 13.5. The van der Waals surface area contributed by atoms with Gasteiger partial charge in [0.15, 0.2) is 0 Å². The van der Waals surface area contributed by atoms with Crippen molar-refractivity contribution in [2.45, 2.75) is 0 Å². The Bertz CT molecular complexity index is 984. The first kappa shape index (κ1) is 19.0. The molecule has 28 heavy (non-hydrogen) atoms. The van der Waals surface area contributed by atoms with Gasteiger partial charge in [0, 0.05) is 11.6 Å². The molecule has 140 valence electrons. The van der Waals surface area contributed by atoms with Crippen LogP contribution in [0.1, 0.15) is 11.1 Å². The van der Waals surface area contributed by atoms with E-state index in [-0.39, 0.29) is 5.75 Å². The molecule has 3 nitrogen and oxygen atoms in total. The van der Waals surface area contributed by atoms with Crippen LogP contribution in [0.5, 0.6) is 5.75 Å². The Kier molecular flexibility index (Phi) is 6.31. The number of hydrogen-bond donors (Lipinski definition) is 0. The monoisotopic (exact) mass is 377 g/mol. The van der Waals surface area contributed by atoms with E-state index in [0.717, 1.165) is 10.1 Å². The number of hydrogen-bond acceptors (Lipinski definition) is 2. The number of carbonyl (C=O) groups is 1. The van der Waals surface area contributed by atoms with E-state index in [9.17, 15) is 13.6 Å². The third-order valence-corrected chi connectivity index (χ3v) is 3.83. The van der Waals surface area contributed by atoms with Gasteiger partial charge in [-0.2, -0.15) is 8.78 Å². The van der Waals surface area contributed by atoms with Crippen LogP contribution >= 0.6 is 0 Å². The zero-order chi connectivity index (χ0) is 19.8. The Morgan fingerprint density at radius 2 is 1.46 bits per heavy atom. The Balaban J connectivity index is 1.84. The van der Waals surface area contributed by atoms with Gasteiger partial charge in [-0.05, 0) is 29.8 Å². The minimum atomic E-state index is -1.89. The Morgan fingerprint density at radius 3 is 2.14 bits per heavy atom. The van der Waals surface area contributed by atoms with Crippen molar-refractivity contribution in [1.29, 1.82) is 0 Å². The van der Waals surface area contributed by atoms with Gasteiger partial charge < -0.3 is 4.74 Å². The number of benzene rings is 3. The highest BCUT2D eigenvalue weighted by Crippen LogP contribution is 2.22. The second kappa shape index (κ2) is 9.28. The molecule has 3 rings (SSSR count). The standard InChI is InChI=1S/C23H17F2NO2/c24-23(25)26(20-12-5-2-6-13-20)17-19-11-7-8-14-21(19)28-22(27)16-15-18-9-3-1-4-10-18/h1-17H/b16-15+. The number of carbonyl (C=O) groups excluding carboxylic acids is 1. The molecule has 3 aromatic rings. The fourth-order valence-electron chi connectivity index (χ4n) is 2.50. The molecule has 0 aromatic heterocycles. The van der Waals surface area contributed by atoms with Crippen LogP contribution in [-0.4, -0.2) is 16.8 Å². The molecule has 0 aliphatic rings. The van der Waals surface area contributed by atoms with Gasteiger partial charge in [-0.15, -0.1) is 0 Å². The first-order chi connectivity index (χ1) is 13.6. The molecule has 5 heteroatoms. The summed E-state index contributed by atoms with van der Waals surface area (Å²) in [4.78, 5) is 12.1. The van der Waals surface area contributed by atoms with Crippen LogP contribution in [0.25, 0.3) is 6.08 Å². The molecular formula is C23H17F2NO2. The maximum atomic E-state index is 13.5. The number of esters is 1. The lowest BCUT2D eigenvalue weighted by Gasteiger charge is -2.11. The second-order valence-electron chi connectivity index (χ2n) is 5.78. The molecule has 0 aliphatic heterocycles. The van der Waals surface area contributed by atoms with Crippen LogP contribution in [0, 0.1) is 6.55 Å². The van der Waals surface area contributed by atoms with Gasteiger partial charge in [0.05, 0.1) is 6.21 Å². The lowest BCUT2D eigenvalue weighted by molar-refractivity contribution is -0.479. The van der Waals surface area contributed by atoms with Crippen molar-refractivity contribution in [3.63, 3.8) is 0 Å². The van der Waals surface area contributed by atoms with E-state index < -0.39 is 12.5 Å². The molecule has 0 N–H and O–H groups in total. The molecule has 0 unspecified atom stereocenters. The van der Waals surface area contributed by atoms with Crippen molar-refractivity contribution in [3.05, 3.63) is 109 Å². The van der Waals surface area contributed by atoms with Crippen LogP contribution in [0.3, 0.4) is 0 Å². The number of nitrogens with zero attached hydrogens (tertiary/aromatic N) is 1. The topological polar surface area (TPSA) is 29.3 Å². The highest BCUT2D eigenvalue weighted by molar-refractivity contribution is 5.90. The largest absolute Gasteiger partial charge is 0.424 e. The predicted molar refractivity (Wildman–Crippen MR) is 105 cm³/mol. The maximum Gasteiger partial charge on any atom is 0.419 e. The Hall–Kier alpha value is -3.73. The molecule has 0 saturated carbocycles. The third kappa shape index (κ3) is 5.14. The number of rotatable bonds is 6. The fourth-order valence-corrected chi connectivity index (χ4v) is 2.50. The fraction of sp³-hybridized carbons (Fsp3) is 0. The molecule has 0 heterocycles. The van der Waals surface area contributed by atoms with Crippen molar-refractivity contribution in [3.8, 4) is 5.75 Å². The summed E-state index contributed by atoms with van der Waals surface area (Å²) in [6.45, 7) is -1.89. The minimum absolute atomic E-state index is 0.187. The zero-order valence-corrected chi connectivity index (χ0v) is 14.8. The SMILES string of the molecule is O=C(/C=C/c1ccccc1)Oc1ccccc1/C=[N+](/c1ccccc1)[C-](F)F. The van der Waals surface area contributed by atoms with Crippen molar-refractivity contribution >= 4 is 23.9 Å². The third-order valence-electron chi connectivity index (χ3n) is 3.83. The summed E-state index contributed by atoms with van der Waals surface area (Å²) in [7, 11) is 0. The molecule has 0 bridgehead atoms. The van der Waals surface area contributed by atoms with Crippen molar-refractivity contribution in [2.24, 2.45) is 0 Å². The first-order valence-corrected chi connectivity index (χ1v) is 8.54. The number of para-hydroxylation sites is 2. The van der Waals surface area contributed by atoms with Gasteiger partial charge in [-0.25, -0.2) is 4.79 Å². The molecule has 0 radical (unpaired) electrons. The summed E-state index contributed by atoms with van der Waals surface area (Å²) in [5.41, 5.74) is 1.50.